The average molecular weight is 304 g/mol. The number of nitrogens with zero attached hydrogens (tertiary/aromatic N) is 3. The Bertz CT molecular complexity index is 666. The Balaban J connectivity index is 2.18. The van der Waals surface area contributed by atoms with E-state index in [0.717, 1.165) is 35.6 Å². The molecule has 0 radical (unpaired) electrons. The maximum atomic E-state index is 12.3. The van der Waals surface area contributed by atoms with Gasteiger partial charge in [0.1, 0.15) is 4.88 Å². The molecule has 0 aliphatic heterocycles. The topological polar surface area (TPSA) is 87.5 Å². The number of aryl methyl sites for hydroxylation is 1. The molecule has 1 aromatic heterocycles. The smallest absolute Gasteiger partial charge is 0.269 e. The van der Waals surface area contributed by atoms with Crippen LogP contribution in [0.5, 0.6) is 0 Å². The molecule has 0 bridgehead atoms. The van der Waals surface area contributed by atoms with Gasteiger partial charge in [0, 0.05) is 11.3 Å². The fraction of sp³-hybridized carbons (Fsp3) is 0.286. The van der Waals surface area contributed by atoms with Gasteiger partial charge in [0.05, 0.1) is 11.4 Å². The lowest BCUT2D eigenvalue weighted by Gasteiger charge is -2.06. The second-order valence-corrected chi connectivity index (χ2v) is 5.27. The molecular formula is C14H16N4O2S. The summed E-state index contributed by atoms with van der Waals surface area (Å²) in [5.74, 6) is -0.218. The zero-order chi connectivity index (χ0) is 15.2. The molecule has 1 aromatic carbocycles. The Morgan fingerprint density at radius 3 is 3.00 bits per heavy atom. The second-order valence-electron chi connectivity index (χ2n) is 4.52. The van der Waals surface area contributed by atoms with E-state index in [0.29, 0.717) is 16.3 Å². The van der Waals surface area contributed by atoms with Crippen LogP contribution in [0.2, 0.25) is 0 Å². The summed E-state index contributed by atoms with van der Waals surface area (Å²) in [6.45, 7) is 3.72. The number of rotatable bonds is 5. The highest BCUT2D eigenvalue weighted by Crippen LogP contribution is 2.17. The van der Waals surface area contributed by atoms with Crippen LogP contribution in [0, 0.1) is 0 Å². The van der Waals surface area contributed by atoms with Crippen molar-refractivity contribution >= 4 is 28.8 Å². The van der Waals surface area contributed by atoms with Gasteiger partial charge >= 0.3 is 0 Å². The van der Waals surface area contributed by atoms with Crippen molar-refractivity contribution in [2.75, 3.05) is 5.32 Å². The Morgan fingerprint density at radius 1 is 1.48 bits per heavy atom. The van der Waals surface area contributed by atoms with Crippen molar-refractivity contribution in [3.63, 3.8) is 0 Å². The summed E-state index contributed by atoms with van der Waals surface area (Å²) in [6, 6.07) is 7.12. The van der Waals surface area contributed by atoms with Crippen LogP contribution in [0.15, 0.2) is 29.4 Å². The quantitative estimate of drug-likeness (QED) is 0.505. The SMILES string of the molecule is CCCc1nnsc1C(=O)Nc1cccc(C(C)=NO)c1. The second kappa shape index (κ2) is 6.94. The van der Waals surface area contributed by atoms with E-state index < -0.39 is 0 Å². The highest BCUT2D eigenvalue weighted by molar-refractivity contribution is 7.08. The molecule has 0 aliphatic carbocycles. The largest absolute Gasteiger partial charge is 0.411 e. The van der Waals surface area contributed by atoms with Crippen LogP contribution in [-0.2, 0) is 6.42 Å². The third-order valence-electron chi connectivity index (χ3n) is 2.94. The normalized spacial score (nSPS) is 11.4. The van der Waals surface area contributed by atoms with Crippen molar-refractivity contribution in [3.8, 4) is 0 Å². The number of carbonyl (C=O) groups is 1. The van der Waals surface area contributed by atoms with Gasteiger partial charge < -0.3 is 10.5 Å². The minimum absolute atomic E-state index is 0.218. The number of nitrogens with one attached hydrogen (secondary N) is 1. The first-order chi connectivity index (χ1) is 10.2. The van der Waals surface area contributed by atoms with Gasteiger partial charge in [-0.3, -0.25) is 4.79 Å². The van der Waals surface area contributed by atoms with E-state index >= 15 is 0 Å². The number of oxime groups is 1. The number of amides is 1. The van der Waals surface area contributed by atoms with Gasteiger partial charge in [0.15, 0.2) is 0 Å². The molecule has 0 saturated heterocycles. The third kappa shape index (κ3) is 3.63. The predicted octanol–water partition coefficient (Wildman–Crippen LogP) is 2.94. The fourth-order valence-corrected chi connectivity index (χ4v) is 2.45. The Morgan fingerprint density at radius 2 is 2.29 bits per heavy atom. The molecule has 21 heavy (non-hydrogen) atoms. The van der Waals surface area contributed by atoms with Crippen LogP contribution < -0.4 is 5.32 Å². The van der Waals surface area contributed by atoms with Gasteiger partial charge in [-0.1, -0.05) is 35.1 Å². The molecule has 0 unspecified atom stereocenters. The van der Waals surface area contributed by atoms with Gasteiger partial charge in [-0.2, -0.15) is 0 Å². The van der Waals surface area contributed by atoms with E-state index in [2.05, 4.69) is 20.1 Å². The van der Waals surface area contributed by atoms with Crippen LogP contribution in [0.4, 0.5) is 5.69 Å². The highest BCUT2D eigenvalue weighted by atomic mass is 32.1. The van der Waals surface area contributed by atoms with Gasteiger partial charge in [-0.05, 0) is 37.0 Å². The number of benzene rings is 1. The number of aromatic nitrogens is 2. The molecule has 0 atom stereocenters. The lowest BCUT2D eigenvalue weighted by Crippen LogP contribution is -2.13. The maximum absolute atomic E-state index is 12.3. The van der Waals surface area contributed by atoms with Crippen molar-refractivity contribution in [2.24, 2.45) is 5.16 Å². The first-order valence-electron chi connectivity index (χ1n) is 6.57. The lowest BCUT2D eigenvalue weighted by atomic mass is 10.1. The monoisotopic (exact) mass is 304 g/mol. The molecule has 2 aromatic rings. The van der Waals surface area contributed by atoms with Gasteiger partial charge in [-0.15, -0.1) is 5.10 Å². The number of anilines is 1. The summed E-state index contributed by atoms with van der Waals surface area (Å²) >= 11 is 1.09. The zero-order valence-corrected chi connectivity index (χ0v) is 12.6. The molecule has 110 valence electrons. The molecule has 0 aliphatic rings. The van der Waals surface area contributed by atoms with Crippen LogP contribution in [0.3, 0.4) is 0 Å². The van der Waals surface area contributed by atoms with Crippen molar-refractivity contribution in [3.05, 3.63) is 40.4 Å². The Hall–Kier alpha value is -2.28. The van der Waals surface area contributed by atoms with Gasteiger partial charge in [0.25, 0.3) is 5.91 Å². The molecule has 1 amide bonds. The van der Waals surface area contributed by atoms with E-state index in [-0.39, 0.29) is 5.91 Å². The number of hydrogen-bond donors (Lipinski definition) is 2. The van der Waals surface area contributed by atoms with Crippen molar-refractivity contribution in [1.29, 1.82) is 0 Å². The van der Waals surface area contributed by atoms with E-state index in [9.17, 15) is 4.79 Å². The van der Waals surface area contributed by atoms with Gasteiger partial charge in [-0.25, -0.2) is 0 Å². The molecule has 0 spiro atoms. The predicted molar refractivity (Wildman–Crippen MR) is 82.3 cm³/mol. The Kier molecular flexibility index (Phi) is 4.99. The zero-order valence-electron chi connectivity index (χ0n) is 11.8. The van der Waals surface area contributed by atoms with Crippen molar-refractivity contribution in [2.45, 2.75) is 26.7 Å². The van der Waals surface area contributed by atoms with E-state index in [4.69, 9.17) is 5.21 Å². The molecule has 2 rings (SSSR count). The summed E-state index contributed by atoms with van der Waals surface area (Å²) in [6.07, 6.45) is 1.64. The molecule has 0 fully saturated rings. The van der Waals surface area contributed by atoms with Crippen LogP contribution >= 0.6 is 11.5 Å². The molecule has 1 heterocycles. The van der Waals surface area contributed by atoms with E-state index in [1.165, 1.54) is 0 Å². The molecular weight excluding hydrogens is 288 g/mol. The third-order valence-corrected chi connectivity index (χ3v) is 3.70. The molecule has 7 heteroatoms. The van der Waals surface area contributed by atoms with Gasteiger partial charge in [0.2, 0.25) is 0 Å². The summed E-state index contributed by atoms with van der Waals surface area (Å²) < 4.78 is 3.84. The summed E-state index contributed by atoms with van der Waals surface area (Å²) in [7, 11) is 0. The lowest BCUT2D eigenvalue weighted by molar-refractivity contribution is 0.102. The minimum Gasteiger partial charge on any atom is -0.411 e. The number of carbonyl (C=O) groups excluding carboxylic acids is 1. The molecule has 2 N–H and O–H groups in total. The first kappa shape index (κ1) is 15.1. The minimum atomic E-state index is -0.218. The maximum Gasteiger partial charge on any atom is 0.269 e. The summed E-state index contributed by atoms with van der Waals surface area (Å²) in [5.41, 5.74) is 2.59. The van der Waals surface area contributed by atoms with Crippen molar-refractivity contribution in [1.82, 2.24) is 9.59 Å². The number of hydrogen-bond acceptors (Lipinski definition) is 6. The average Bonchev–Trinajstić information content (AvgIpc) is 2.95. The van der Waals surface area contributed by atoms with Crippen LogP contribution in [0.1, 0.15) is 41.2 Å². The first-order valence-corrected chi connectivity index (χ1v) is 7.34. The Labute approximate surface area is 126 Å². The molecule has 0 saturated carbocycles. The van der Waals surface area contributed by atoms with Crippen LogP contribution in [0.25, 0.3) is 0 Å². The summed E-state index contributed by atoms with van der Waals surface area (Å²) in [5, 5.41) is 18.7. The van der Waals surface area contributed by atoms with E-state index in [1.807, 2.05) is 13.0 Å². The van der Waals surface area contributed by atoms with Crippen molar-refractivity contribution < 1.29 is 10.0 Å². The highest BCUT2D eigenvalue weighted by Gasteiger charge is 2.16. The summed E-state index contributed by atoms with van der Waals surface area (Å²) in [4.78, 5) is 12.8. The standard InChI is InChI=1S/C14H16N4O2S/c1-3-5-12-13(21-18-16-12)14(19)15-11-7-4-6-10(8-11)9(2)17-20/h4,6-8,20H,3,5H2,1-2H3,(H,15,19). The fourth-order valence-electron chi connectivity index (χ4n) is 1.85. The molecule has 6 nitrogen and oxygen atoms in total. The van der Waals surface area contributed by atoms with Crippen LogP contribution in [-0.4, -0.2) is 26.4 Å². The van der Waals surface area contributed by atoms with E-state index in [1.54, 1.807) is 25.1 Å².